The zero-order valence-electron chi connectivity index (χ0n) is 15.3. The predicted molar refractivity (Wildman–Crippen MR) is 98.9 cm³/mol. The Bertz CT molecular complexity index is 875. The molecule has 0 amide bonds. The van der Waals surface area contributed by atoms with Gasteiger partial charge in [0.25, 0.3) is 0 Å². The summed E-state index contributed by atoms with van der Waals surface area (Å²) in [4.78, 5) is 11.8. The number of ether oxygens (including phenoxy) is 2. The van der Waals surface area contributed by atoms with Crippen molar-refractivity contribution in [2.45, 2.75) is 31.2 Å². The maximum atomic E-state index is 12.8. The maximum absolute atomic E-state index is 12.8. The van der Waals surface area contributed by atoms with E-state index in [0.29, 0.717) is 17.7 Å². The highest BCUT2D eigenvalue weighted by molar-refractivity contribution is 7.89. The first-order chi connectivity index (χ1) is 12.3. The number of methoxy groups -OCH3 is 2. The Labute approximate surface area is 154 Å². The summed E-state index contributed by atoms with van der Waals surface area (Å²) in [6.07, 6.45) is 0.571. The second-order valence-corrected chi connectivity index (χ2v) is 7.54. The molecule has 26 heavy (non-hydrogen) atoms. The molecule has 0 radical (unpaired) electrons. The second kappa shape index (κ2) is 8.33. The molecule has 0 aliphatic rings. The van der Waals surface area contributed by atoms with Gasteiger partial charge >= 0.3 is 5.97 Å². The Morgan fingerprint density at radius 2 is 1.77 bits per heavy atom. The van der Waals surface area contributed by atoms with Crippen LogP contribution in [0.3, 0.4) is 0 Å². The first-order valence-corrected chi connectivity index (χ1v) is 9.66. The van der Waals surface area contributed by atoms with E-state index < -0.39 is 22.0 Å². The number of carbonyl (C=O) groups excluding carboxylic acids is 1. The van der Waals surface area contributed by atoms with Crippen LogP contribution in [0.1, 0.15) is 40.9 Å². The van der Waals surface area contributed by atoms with Crippen LogP contribution < -0.4 is 9.46 Å². The number of nitrogens with one attached hydrogen (secondary N) is 1. The Morgan fingerprint density at radius 3 is 2.31 bits per heavy atom. The van der Waals surface area contributed by atoms with Gasteiger partial charge < -0.3 is 9.47 Å². The van der Waals surface area contributed by atoms with Gasteiger partial charge in [0.15, 0.2) is 0 Å². The molecule has 0 aliphatic heterocycles. The maximum Gasteiger partial charge on any atom is 0.338 e. The summed E-state index contributed by atoms with van der Waals surface area (Å²) >= 11 is 0. The zero-order chi connectivity index (χ0) is 19.3. The molecule has 0 bridgehead atoms. The lowest BCUT2D eigenvalue weighted by molar-refractivity contribution is 0.0599. The molecule has 1 atom stereocenters. The molecule has 6 nitrogen and oxygen atoms in total. The van der Waals surface area contributed by atoms with Crippen molar-refractivity contribution in [2.24, 2.45) is 0 Å². The fraction of sp³-hybridized carbons (Fsp3) is 0.316. The van der Waals surface area contributed by atoms with Gasteiger partial charge in [-0.05, 0) is 48.7 Å². The van der Waals surface area contributed by atoms with Gasteiger partial charge in [-0.1, -0.05) is 25.1 Å². The normalized spacial score (nSPS) is 12.5. The van der Waals surface area contributed by atoms with Gasteiger partial charge in [0.05, 0.1) is 24.7 Å². The van der Waals surface area contributed by atoms with Crippen molar-refractivity contribution in [1.29, 1.82) is 0 Å². The molecule has 7 heteroatoms. The molecule has 2 rings (SSSR count). The number of sulfonamides is 1. The number of hydrogen-bond donors (Lipinski definition) is 1. The summed E-state index contributed by atoms with van der Waals surface area (Å²) in [5.74, 6) is 0.134. The minimum Gasteiger partial charge on any atom is -0.497 e. The van der Waals surface area contributed by atoms with Gasteiger partial charge in [-0.3, -0.25) is 0 Å². The van der Waals surface area contributed by atoms with Crippen LogP contribution in [0.25, 0.3) is 0 Å². The highest BCUT2D eigenvalue weighted by Gasteiger charge is 2.22. The van der Waals surface area contributed by atoms with Crippen LogP contribution in [0.2, 0.25) is 0 Å². The number of aryl methyl sites for hydroxylation is 1. The van der Waals surface area contributed by atoms with E-state index in [1.165, 1.54) is 19.2 Å². The first kappa shape index (κ1) is 19.9. The van der Waals surface area contributed by atoms with E-state index in [1.807, 2.05) is 19.1 Å². The fourth-order valence-corrected chi connectivity index (χ4v) is 3.91. The van der Waals surface area contributed by atoms with Crippen molar-refractivity contribution in [3.05, 3.63) is 59.2 Å². The summed E-state index contributed by atoms with van der Waals surface area (Å²) in [5.41, 5.74) is 1.71. The largest absolute Gasteiger partial charge is 0.497 e. The van der Waals surface area contributed by atoms with Crippen LogP contribution in [0, 0.1) is 6.92 Å². The minimum atomic E-state index is -3.81. The molecular weight excluding hydrogens is 354 g/mol. The zero-order valence-corrected chi connectivity index (χ0v) is 16.1. The molecule has 2 aromatic rings. The van der Waals surface area contributed by atoms with Crippen LogP contribution in [0.5, 0.6) is 5.75 Å². The van der Waals surface area contributed by atoms with E-state index >= 15 is 0 Å². The Balaban J connectivity index is 2.32. The summed E-state index contributed by atoms with van der Waals surface area (Å²) in [6.45, 7) is 3.62. The second-order valence-electron chi connectivity index (χ2n) is 5.82. The van der Waals surface area contributed by atoms with E-state index in [9.17, 15) is 13.2 Å². The summed E-state index contributed by atoms with van der Waals surface area (Å²) < 4.78 is 38.1. The molecule has 0 spiro atoms. The van der Waals surface area contributed by atoms with Crippen molar-refractivity contribution in [3.63, 3.8) is 0 Å². The van der Waals surface area contributed by atoms with Crippen LogP contribution in [-0.2, 0) is 14.8 Å². The standard InChI is InChI=1S/C19H23NO5S/c1-5-18(14-7-9-15(24-3)10-8-14)20-26(22,23)16-11-6-13(2)17(12-16)19(21)25-4/h6-12,18,20H,5H2,1-4H3. The molecule has 2 aromatic carbocycles. The highest BCUT2D eigenvalue weighted by Crippen LogP contribution is 2.23. The van der Waals surface area contributed by atoms with Gasteiger partial charge in [-0.25, -0.2) is 17.9 Å². The monoisotopic (exact) mass is 377 g/mol. The lowest BCUT2D eigenvalue weighted by Crippen LogP contribution is -2.28. The van der Waals surface area contributed by atoms with Crippen molar-refractivity contribution in [2.75, 3.05) is 14.2 Å². The van der Waals surface area contributed by atoms with Crippen LogP contribution >= 0.6 is 0 Å². The number of esters is 1. The average molecular weight is 377 g/mol. The summed E-state index contributed by atoms with van der Waals surface area (Å²) in [6, 6.07) is 11.2. The first-order valence-electron chi connectivity index (χ1n) is 8.17. The summed E-state index contributed by atoms with van der Waals surface area (Å²) in [7, 11) is -0.969. The van der Waals surface area contributed by atoms with E-state index in [-0.39, 0.29) is 10.5 Å². The molecule has 0 aliphatic carbocycles. The van der Waals surface area contributed by atoms with Gasteiger partial charge in [0, 0.05) is 6.04 Å². The molecule has 0 aromatic heterocycles. The molecule has 0 fully saturated rings. The third-order valence-electron chi connectivity index (χ3n) is 4.15. The third kappa shape index (κ3) is 4.42. The van der Waals surface area contributed by atoms with Gasteiger partial charge in [0.2, 0.25) is 10.0 Å². The third-order valence-corrected chi connectivity index (χ3v) is 5.62. The SMILES string of the molecule is CCC(NS(=O)(=O)c1ccc(C)c(C(=O)OC)c1)c1ccc(OC)cc1. The topological polar surface area (TPSA) is 81.7 Å². The van der Waals surface area contributed by atoms with Gasteiger partial charge in [-0.15, -0.1) is 0 Å². The summed E-state index contributed by atoms with van der Waals surface area (Å²) in [5, 5.41) is 0. The molecule has 1 N–H and O–H groups in total. The van der Waals surface area contributed by atoms with Crippen LogP contribution in [0.4, 0.5) is 0 Å². The molecular formula is C19H23NO5S. The minimum absolute atomic E-state index is 0.0236. The van der Waals surface area contributed by atoms with Crippen molar-refractivity contribution >= 4 is 16.0 Å². The highest BCUT2D eigenvalue weighted by atomic mass is 32.2. The lowest BCUT2D eigenvalue weighted by Gasteiger charge is -2.18. The number of hydrogen-bond acceptors (Lipinski definition) is 5. The smallest absolute Gasteiger partial charge is 0.338 e. The quantitative estimate of drug-likeness (QED) is 0.749. The van der Waals surface area contributed by atoms with E-state index in [0.717, 1.165) is 5.56 Å². The molecule has 0 saturated carbocycles. The lowest BCUT2D eigenvalue weighted by atomic mass is 10.1. The van der Waals surface area contributed by atoms with E-state index in [4.69, 9.17) is 9.47 Å². The van der Waals surface area contributed by atoms with E-state index in [1.54, 1.807) is 32.2 Å². The Morgan fingerprint density at radius 1 is 1.12 bits per heavy atom. The number of benzene rings is 2. The number of rotatable bonds is 7. The average Bonchev–Trinajstić information content (AvgIpc) is 2.65. The Kier molecular flexibility index (Phi) is 6.39. The molecule has 1 unspecified atom stereocenters. The van der Waals surface area contributed by atoms with Crippen molar-refractivity contribution in [1.82, 2.24) is 4.72 Å². The molecule has 0 heterocycles. The van der Waals surface area contributed by atoms with Crippen molar-refractivity contribution in [3.8, 4) is 5.75 Å². The predicted octanol–water partition coefficient (Wildman–Crippen LogP) is 3.22. The van der Waals surface area contributed by atoms with Gasteiger partial charge in [0.1, 0.15) is 5.75 Å². The van der Waals surface area contributed by atoms with Crippen molar-refractivity contribution < 1.29 is 22.7 Å². The van der Waals surface area contributed by atoms with Crippen LogP contribution in [-0.4, -0.2) is 28.6 Å². The molecule has 140 valence electrons. The van der Waals surface area contributed by atoms with Gasteiger partial charge in [-0.2, -0.15) is 0 Å². The van der Waals surface area contributed by atoms with Crippen LogP contribution in [0.15, 0.2) is 47.4 Å². The van der Waals surface area contributed by atoms with E-state index in [2.05, 4.69) is 4.72 Å². The Hall–Kier alpha value is -2.38. The number of carbonyl (C=O) groups is 1. The fourth-order valence-electron chi connectivity index (χ4n) is 2.58. The molecule has 0 saturated heterocycles.